The third-order valence-electron chi connectivity index (χ3n) is 2.32. The van der Waals surface area contributed by atoms with E-state index in [0.717, 1.165) is 6.29 Å². The van der Waals surface area contributed by atoms with Gasteiger partial charge in [-0.05, 0) is 24.3 Å². The molecule has 0 fully saturated rings. The number of hydrogen-bond donors (Lipinski definition) is 1. The fourth-order valence-electron chi connectivity index (χ4n) is 1.43. The molecule has 1 heterocycles. The standard InChI is InChI=1S/C12H13N3O3/c16-6-10-1-3-12(4-2-10)18-7-11(17)5-15-9-13-8-14-15/h1-4,6,8-9,11,17H,5,7H2/t11-/m1/s1. The maximum atomic E-state index is 10.5. The number of ether oxygens (including phenoxy) is 1. The van der Waals surface area contributed by atoms with Crippen molar-refractivity contribution in [3.8, 4) is 5.75 Å². The number of aliphatic hydroxyl groups excluding tert-OH is 1. The molecule has 0 bridgehead atoms. The zero-order valence-electron chi connectivity index (χ0n) is 9.64. The summed E-state index contributed by atoms with van der Waals surface area (Å²) in [7, 11) is 0. The van der Waals surface area contributed by atoms with Crippen LogP contribution in [0, 0.1) is 0 Å². The Balaban J connectivity index is 1.81. The van der Waals surface area contributed by atoms with Crippen molar-refractivity contribution in [2.45, 2.75) is 12.6 Å². The van der Waals surface area contributed by atoms with Crippen molar-refractivity contribution in [3.63, 3.8) is 0 Å². The van der Waals surface area contributed by atoms with Crippen molar-refractivity contribution in [2.75, 3.05) is 6.61 Å². The van der Waals surface area contributed by atoms with E-state index in [1.165, 1.54) is 17.3 Å². The maximum absolute atomic E-state index is 10.5. The zero-order chi connectivity index (χ0) is 12.8. The second kappa shape index (κ2) is 5.92. The van der Waals surface area contributed by atoms with Crippen LogP contribution in [0.2, 0.25) is 0 Å². The van der Waals surface area contributed by atoms with Crippen LogP contribution >= 0.6 is 0 Å². The topological polar surface area (TPSA) is 77.2 Å². The summed E-state index contributed by atoms with van der Waals surface area (Å²) >= 11 is 0. The molecule has 1 aromatic heterocycles. The lowest BCUT2D eigenvalue weighted by molar-refractivity contribution is 0.0892. The van der Waals surface area contributed by atoms with E-state index in [0.29, 0.717) is 17.9 Å². The van der Waals surface area contributed by atoms with Gasteiger partial charge in [0, 0.05) is 5.56 Å². The van der Waals surface area contributed by atoms with Gasteiger partial charge in [-0.15, -0.1) is 0 Å². The molecular weight excluding hydrogens is 234 g/mol. The Labute approximate surface area is 104 Å². The van der Waals surface area contributed by atoms with E-state index in [1.54, 1.807) is 24.3 Å². The van der Waals surface area contributed by atoms with E-state index in [9.17, 15) is 9.90 Å². The minimum absolute atomic E-state index is 0.153. The highest BCUT2D eigenvalue weighted by Crippen LogP contribution is 2.11. The van der Waals surface area contributed by atoms with Crippen molar-refractivity contribution >= 4 is 6.29 Å². The molecule has 0 spiro atoms. The Bertz CT molecular complexity index is 482. The molecule has 1 aromatic carbocycles. The molecule has 0 radical (unpaired) electrons. The minimum atomic E-state index is -0.669. The Morgan fingerprint density at radius 2 is 2.17 bits per heavy atom. The van der Waals surface area contributed by atoms with Gasteiger partial charge < -0.3 is 9.84 Å². The van der Waals surface area contributed by atoms with Gasteiger partial charge in [0.25, 0.3) is 0 Å². The molecule has 0 unspecified atom stereocenters. The monoisotopic (exact) mass is 247 g/mol. The number of carbonyl (C=O) groups excluding carboxylic acids is 1. The predicted octanol–water partition coefficient (Wildman–Crippen LogP) is 0.531. The van der Waals surface area contributed by atoms with Crippen molar-refractivity contribution in [1.29, 1.82) is 0 Å². The fraction of sp³-hybridized carbons (Fsp3) is 0.250. The molecule has 6 nitrogen and oxygen atoms in total. The Morgan fingerprint density at radius 3 is 2.78 bits per heavy atom. The van der Waals surface area contributed by atoms with Crippen molar-refractivity contribution in [3.05, 3.63) is 42.5 Å². The van der Waals surface area contributed by atoms with E-state index < -0.39 is 6.10 Å². The predicted molar refractivity (Wildman–Crippen MR) is 63.4 cm³/mol. The molecular formula is C12H13N3O3. The largest absolute Gasteiger partial charge is 0.491 e. The molecule has 2 aromatic rings. The first-order valence-electron chi connectivity index (χ1n) is 5.46. The lowest BCUT2D eigenvalue weighted by atomic mass is 10.2. The molecule has 2 rings (SSSR count). The highest BCUT2D eigenvalue weighted by atomic mass is 16.5. The molecule has 0 saturated carbocycles. The molecule has 18 heavy (non-hydrogen) atoms. The van der Waals surface area contributed by atoms with Crippen molar-refractivity contribution < 1.29 is 14.6 Å². The fourth-order valence-corrected chi connectivity index (χ4v) is 1.43. The molecule has 94 valence electrons. The number of aliphatic hydroxyl groups is 1. The zero-order valence-corrected chi connectivity index (χ0v) is 9.64. The first kappa shape index (κ1) is 12.3. The van der Waals surface area contributed by atoms with Gasteiger partial charge in [-0.25, -0.2) is 4.98 Å². The summed E-state index contributed by atoms with van der Waals surface area (Å²) in [5.74, 6) is 0.609. The highest BCUT2D eigenvalue weighted by Gasteiger charge is 2.06. The number of hydrogen-bond acceptors (Lipinski definition) is 5. The molecule has 0 aliphatic heterocycles. The first-order valence-corrected chi connectivity index (χ1v) is 5.46. The normalized spacial score (nSPS) is 12.1. The number of carbonyl (C=O) groups is 1. The van der Waals surface area contributed by atoms with Gasteiger partial charge in [-0.3, -0.25) is 9.48 Å². The quantitative estimate of drug-likeness (QED) is 0.753. The smallest absolute Gasteiger partial charge is 0.150 e. The number of aromatic nitrogens is 3. The van der Waals surface area contributed by atoms with Crippen LogP contribution in [0.5, 0.6) is 5.75 Å². The molecule has 0 saturated heterocycles. The maximum Gasteiger partial charge on any atom is 0.150 e. The van der Waals surface area contributed by atoms with E-state index in [-0.39, 0.29) is 6.61 Å². The minimum Gasteiger partial charge on any atom is -0.491 e. The highest BCUT2D eigenvalue weighted by molar-refractivity contribution is 5.74. The molecule has 1 atom stereocenters. The lowest BCUT2D eigenvalue weighted by Gasteiger charge is -2.12. The lowest BCUT2D eigenvalue weighted by Crippen LogP contribution is -2.23. The average Bonchev–Trinajstić information content (AvgIpc) is 2.90. The van der Waals surface area contributed by atoms with Crippen LogP contribution in [0.1, 0.15) is 10.4 Å². The summed E-state index contributed by atoms with van der Waals surface area (Å²) in [4.78, 5) is 14.2. The van der Waals surface area contributed by atoms with Crippen LogP contribution in [-0.2, 0) is 6.54 Å². The van der Waals surface area contributed by atoms with Crippen molar-refractivity contribution in [1.82, 2.24) is 14.8 Å². The van der Waals surface area contributed by atoms with Gasteiger partial charge in [-0.1, -0.05) is 0 Å². The number of aldehydes is 1. The van der Waals surface area contributed by atoms with E-state index in [1.807, 2.05) is 0 Å². The van der Waals surface area contributed by atoms with Crippen LogP contribution in [0.25, 0.3) is 0 Å². The Morgan fingerprint density at radius 1 is 1.39 bits per heavy atom. The number of benzene rings is 1. The SMILES string of the molecule is O=Cc1ccc(OC[C@H](O)Cn2cncn2)cc1. The van der Waals surface area contributed by atoms with Gasteiger partial charge in [0.15, 0.2) is 0 Å². The molecule has 6 heteroatoms. The first-order chi connectivity index (χ1) is 8.78. The van der Waals surface area contributed by atoms with Crippen molar-refractivity contribution in [2.24, 2.45) is 0 Å². The summed E-state index contributed by atoms with van der Waals surface area (Å²) in [6, 6.07) is 6.69. The van der Waals surface area contributed by atoms with Crippen LogP contribution in [0.15, 0.2) is 36.9 Å². The van der Waals surface area contributed by atoms with Gasteiger partial charge in [0.2, 0.25) is 0 Å². The molecule has 0 aliphatic rings. The van der Waals surface area contributed by atoms with Gasteiger partial charge >= 0.3 is 0 Å². The van der Waals surface area contributed by atoms with E-state index in [4.69, 9.17) is 4.74 Å². The van der Waals surface area contributed by atoms with Crippen LogP contribution in [-0.4, -0.2) is 38.9 Å². The third-order valence-corrected chi connectivity index (χ3v) is 2.32. The van der Waals surface area contributed by atoms with Gasteiger partial charge in [-0.2, -0.15) is 5.10 Å². The Kier molecular flexibility index (Phi) is 4.03. The second-order valence-corrected chi connectivity index (χ2v) is 3.77. The third kappa shape index (κ3) is 3.39. The van der Waals surface area contributed by atoms with Crippen LogP contribution in [0.3, 0.4) is 0 Å². The number of nitrogens with zero attached hydrogens (tertiary/aromatic N) is 3. The Hall–Kier alpha value is -2.21. The molecule has 0 amide bonds. The summed E-state index contributed by atoms with van der Waals surface area (Å²) < 4.78 is 6.92. The number of rotatable bonds is 6. The van der Waals surface area contributed by atoms with Crippen LogP contribution in [0.4, 0.5) is 0 Å². The molecule has 0 aliphatic carbocycles. The van der Waals surface area contributed by atoms with Gasteiger partial charge in [0.1, 0.15) is 37.4 Å². The van der Waals surface area contributed by atoms with E-state index >= 15 is 0 Å². The summed E-state index contributed by atoms with van der Waals surface area (Å²) in [5.41, 5.74) is 0.588. The second-order valence-electron chi connectivity index (χ2n) is 3.77. The van der Waals surface area contributed by atoms with Crippen LogP contribution < -0.4 is 4.74 Å². The summed E-state index contributed by atoms with van der Waals surface area (Å²) in [6.45, 7) is 0.479. The van der Waals surface area contributed by atoms with E-state index in [2.05, 4.69) is 10.1 Å². The van der Waals surface area contributed by atoms with Gasteiger partial charge in [0.05, 0.1) is 6.54 Å². The summed E-state index contributed by atoms with van der Waals surface area (Å²) in [5, 5.41) is 13.6. The summed E-state index contributed by atoms with van der Waals surface area (Å²) in [6.07, 6.45) is 3.04. The molecule has 1 N–H and O–H groups in total. The average molecular weight is 247 g/mol.